The van der Waals surface area contributed by atoms with Crippen molar-refractivity contribution in [1.29, 1.82) is 0 Å². The number of rotatable bonds is 3. The molecule has 0 N–H and O–H groups in total. The van der Waals surface area contributed by atoms with Gasteiger partial charge in [0.15, 0.2) is 6.29 Å². The van der Waals surface area contributed by atoms with E-state index in [2.05, 4.69) is 31.9 Å². The van der Waals surface area contributed by atoms with Crippen molar-refractivity contribution in [3.63, 3.8) is 0 Å². The average Bonchev–Trinajstić information content (AvgIpc) is 2.33. The molecular weight excluding hydrogens is 383 g/mol. The summed E-state index contributed by atoms with van der Waals surface area (Å²) in [5.41, 5.74) is 0.470. The molecule has 0 radical (unpaired) electrons. The summed E-state index contributed by atoms with van der Waals surface area (Å²) in [5.74, 6) is 0.963. The summed E-state index contributed by atoms with van der Waals surface area (Å²) in [5, 5.41) is 0.473. The van der Waals surface area contributed by atoms with E-state index in [0.717, 1.165) is 15.2 Å². The number of aldehydes is 1. The van der Waals surface area contributed by atoms with Gasteiger partial charge in [-0.3, -0.25) is 4.79 Å². The molecule has 92 valence electrons. The van der Waals surface area contributed by atoms with Gasteiger partial charge in [0.1, 0.15) is 11.5 Å². The van der Waals surface area contributed by atoms with E-state index in [9.17, 15) is 4.79 Å². The number of halogens is 3. The molecule has 2 nitrogen and oxygen atoms in total. The molecule has 0 saturated carbocycles. The zero-order chi connectivity index (χ0) is 13.1. The molecule has 0 amide bonds. The second-order valence-electron chi connectivity index (χ2n) is 3.48. The lowest BCUT2D eigenvalue weighted by atomic mass is 10.2. The van der Waals surface area contributed by atoms with E-state index in [-0.39, 0.29) is 0 Å². The molecule has 0 bridgehead atoms. The normalized spacial score (nSPS) is 10.2. The molecule has 0 aliphatic heterocycles. The predicted octanol–water partition coefficient (Wildman–Crippen LogP) is 5.47. The Morgan fingerprint density at radius 1 is 1.00 bits per heavy atom. The highest BCUT2D eigenvalue weighted by Crippen LogP contribution is 2.33. The van der Waals surface area contributed by atoms with Crippen molar-refractivity contribution in [2.24, 2.45) is 0 Å². The van der Waals surface area contributed by atoms with Crippen LogP contribution in [-0.2, 0) is 0 Å². The van der Waals surface area contributed by atoms with Crippen LogP contribution in [0.4, 0.5) is 0 Å². The molecule has 0 aliphatic rings. The lowest BCUT2D eigenvalue weighted by Crippen LogP contribution is -1.91. The van der Waals surface area contributed by atoms with Crippen molar-refractivity contribution in [2.45, 2.75) is 0 Å². The van der Waals surface area contributed by atoms with Crippen LogP contribution in [0.2, 0.25) is 5.02 Å². The van der Waals surface area contributed by atoms with Crippen LogP contribution in [-0.4, -0.2) is 6.29 Å². The lowest BCUT2D eigenvalue weighted by molar-refractivity contribution is 0.112. The Morgan fingerprint density at radius 2 is 1.67 bits per heavy atom. The van der Waals surface area contributed by atoms with Crippen molar-refractivity contribution in [2.75, 3.05) is 0 Å². The zero-order valence-corrected chi connectivity index (χ0v) is 12.9. The van der Waals surface area contributed by atoms with Crippen LogP contribution in [0.25, 0.3) is 0 Å². The Morgan fingerprint density at radius 3 is 2.33 bits per heavy atom. The molecule has 0 heterocycles. The summed E-state index contributed by atoms with van der Waals surface area (Å²) in [7, 11) is 0. The Bertz CT molecular complexity index is 600. The number of carbonyl (C=O) groups excluding carboxylic acids is 1. The number of carbonyl (C=O) groups is 1. The van der Waals surface area contributed by atoms with Crippen molar-refractivity contribution in [3.8, 4) is 11.5 Å². The third kappa shape index (κ3) is 3.13. The maximum absolute atomic E-state index is 10.9. The molecule has 0 aliphatic carbocycles. The fraction of sp³-hybridized carbons (Fsp3) is 0. The van der Waals surface area contributed by atoms with E-state index < -0.39 is 0 Å². The van der Waals surface area contributed by atoms with Gasteiger partial charge in [0, 0.05) is 8.95 Å². The first-order valence-corrected chi connectivity index (χ1v) is 6.94. The van der Waals surface area contributed by atoms with E-state index in [1.54, 1.807) is 30.3 Å². The first-order chi connectivity index (χ1) is 8.60. The van der Waals surface area contributed by atoms with Crippen molar-refractivity contribution in [3.05, 3.63) is 55.9 Å². The fourth-order valence-corrected chi connectivity index (χ4v) is 2.42. The second kappa shape index (κ2) is 5.87. The summed E-state index contributed by atoms with van der Waals surface area (Å²) in [6, 6.07) is 10.5. The minimum absolute atomic E-state index is 0.462. The van der Waals surface area contributed by atoms with Crippen molar-refractivity contribution < 1.29 is 9.53 Å². The Kier molecular flexibility index (Phi) is 4.43. The van der Waals surface area contributed by atoms with Gasteiger partial charge >= 0.3 is 0 Å². The average molecular weight is 390 g/mol. The summed E-state index contributed by atoms with van der Waals surface area (Å²) in [4.78, 5) is 10.9. The molecule has 18 heavy (non-hydrogen) atoms. The van der Waals surface area contributed by atoms with Crippen molar-refractivity contribution in [1.82, 2.24) is 0 Å². The van der Waals surface area contributed by atoms with Gasteiger partial charge in [0.25, 0.3) is 0 Å². The summed E-state index contributed by atoms with van der Waals surface area (Å²) < 4.78 is 7.35. The molecular formula is C13H7Br2ClO2. The van der Waals surface area contributed by atoms with Gasteiger partial charge in [0.2, 0.25) is 0 Å². The third-order valence-corrected chi connectivity index (χ3v) is 3.50. The Hall–Kier alpha value is -0.840. The number of hydrogen-bond acceptors (Lipinski definition) is 2. The smallest absolute Gasteiger partial charge is 0.153 e. The Labute approximate surface area is 126 Å². The van der Waals surface area contributed by atoms with Gasteiger partial charge in [-0.05, 0) is 36.4 Å². The SMILES string of the molecule is O=Cc1ccc(Br)cc1Oc1ccc(Br)cc1Cl. The lowest BCUT2D eigenvalue weighted by Gasteiger charge is -2.10. The van der Waals surface area contributed by atoms with Crippen LogP contribution in [0.1, 0.15) is 10.4 Å². The Balaban J connectivity index is 2.39. The molecule has 0 fully saturated rings. The van der Waals surface area contributed by atoms with Crippen LogP contribution in [0, 0.1) is 0 Å². The maximum atomic E-state index is 10.9. The van der Waals surface area contributed by atoms with E-state index in [0.29, 0.717) is 22.1 Å². The van der Waals surface area contributed by atoms with Gasteiger partial charge < -0.3 is 4.74 Å². The first-order valence-electron chi connectivity index (χ1n) is 4.98. The van der Waals surface area contributed by atoms with E-state index in [4.69, 9.17) is 16.3 Å². The minimum atomic E-state index is 0.462. The summed E-state index contributed by atoms with van der Waals surface area (Å²) >= 11 is 12.7. The van der Waals surface area contributed by atoms with Crippen LogP contribution in [0.15, 0.2) is 45.3 Å². The van der Waals surface area contributed by atoms with Crippen LogP contribution >= 0.6 is 43.5 Å². The molecule has 2 aromatic rings. The topological polar surface area (TPSA) is 26.3 Å². The number of hydrogen-bond donors (Lipinski definition) is 0. The quantitative estimate of drug-likeness (QED) is 0.650. The third-order valence-electron chi connectivity index (χ3n) is 2.22. The predicted molar refractivity (Wildman–Crippen MR) is 78.8 cm³/mol. The molecule has 0 atom stereocenters. The monoisotopic (exact) mass is 388 g/mol. The molecule has 2 aromatic carbocycles. The van der Waals surface area contributed by atoms with Gasteiger partial charge in [-0.2, -0.15) is 0 Å². The highest BCUT2D eigenvalue weighted by Gasteiger charge is 2.08. The number of ether oxygens (including phenoxy) is 1. The maximum Gasteiger partial charge on any atom is 0.153 e. The second-order valence-corrected chi connectivity index (χ2v) is 5.72. The van der Waals surface area contributed by atoms with E-state index >= 15 is 0 Å². The molecule has 2 rings (SSSR count). The van der Waals surface area contributed by atoms with Gasteiger partial charge in [-0.1, -0.05) is 43.5 Å². The number of benzene rings is 2. The fourth-order valence-electron chi connectivity index (χ4n) is 1.37. The van der Waals surface area contributed by atoms with Gasteiger partial charge in [-0.25, -0.2) is 0 Å². The van der Waals surface area contributed by atoms with Gasteiger partial charge in [-0.15, -0.1) is 0 Å². The molecule has 0 spiro atoms. The van der Waals surface area contributed by atoms with Crippen molar-refractivity contribution >= 4 is 49.7 Å². The summed E-state index contributed by atoms with van der Waals surface area (Å²) in [6.45, 7) is 0. The highest BCUT2D eigenvalue weighted by atomic mass is 79.9. The minimum Gasteiger partial charge on any atom is -0.455 e. The van der Waals surface area contributed by atoms with Gasteiger partial charge in [0.05, 0.1) is 10.6 Å². The summed E-state index contributed by atoms with van der Waals surface area (Å²) in [6.07, 6.45) is 0.745. The van der Waals surface area contributed by atoms with E-state index in [1.807, 2.05) is 6.07 Å². The molecule has 0 unspecified atom stereocenters. The van der Waals surface area contributed by atoms with Crippen LogP contribution < -0.4 is 4.74 Å². The van der Waals surface area contributed by atoms with Crippen LogP contribution in [0.3, 0.4) is 0 Å². The highest BCUT2D eigenvalue weighted by molar-refractivity contribution is 9.10. The van der Waals surface area contributed by atoms with E-state index in [1.165, 1.54) is 0 Å². The molecule has 0 aromatic heterocycles. The zero-order valence-electron chi connectivity index (χ0n) is 8.99. The largest absolute Gasteiger partial charge is 0.455 e. The first kappa shape index (κ1) is 13.6. The molecule has 5 heteroatoms. The standard InChI is InChI=1S/C13H7Br2ClO2/c14-9-3-4-12(11(16)5-9)18-13-6-10(15)2-1-8(13)7-17/h1-7H. The van der Waals surface area contributed by atoms with Crippen LogP contribution in [0.5, 0.6) is 11.5 Å². The molecule has 0 saturated heterocycles.